The first-order valence-electron chi connectivity index (χ1n) is 8.74. The van der Waals surface area contributed by atoms with Crippen molar-refractivity contribution in [2.45, 2.75) is 45.3 Å². The molecule has 1 amide bonds. The number of imidazole rings is 1. The smallest absolute Gasteiger partial charge is 0.410 e. The lowest BCUT2D eigenvalue weighted by Crippen LogP contribution is -2.36. The summed E-state index contributed by atoms with van der Waals surface area (Å²) in [6, 6.07) is 5.11. The van der Waals surface area contributed by atoms with Gasteiger partial charge in [-0.2, -0.15) is 0 Å². The van der Waals surface area contributed by atoms with E-state index in [1.165, 1.54) is 0 Å². The van der Waals surface area contributed by atoms with Crippen molar-refractivity contribution >= 4 is 27.0 Å². The molecule has 0 unspecified atom stereocenters. The molecule has 0 aliphatic carbocycles. The molecule has 27 heavy (non-hydrogen) atoms. The number of ether oxygens (including phenoxy) is 1. The number of hydrogen-bond acceptors (Lipinski definition) is 5. The van der Waals surface area contributed by atoms with Crippen LogP contribution in [0.2, 0.25) is 0 Å². The van der Waals surface area contributed by atoms with Crippen LogP contribution in [0.4, 0.5) is 4.79 Å². The van der Waals surface area contributed by atoms with Crippen LogP contribution in [0.1, 0.15) is 51.0 Å². The van der Waals surface area contributed by atoms with E-state index in [0.29, 0.717) is 17.9 Å². The molecule has 1 saturated heterocycles. The van der Waals surface area contributed by atoms with E-state index in [-0.39, 0.29) is 12.1 Å². The zero-order chi connectivity index (χ0) is 19.8. The van der Waals surface area contributed by atoms with Gasteiger partial charge >= 0.3 is 6.09 Å². The number of aromatic amines is 1. The number of nitrogens with one attached hydrogen (secondary N) is 1. The van der Waals surface area contributed by atoms with Gasteiger partial charge in [0.2, 0.25) is 9.84 Å². The number of carbonyl (C=O) groups excluding carboxylic acids is 1. The fourth-order valence-corrected chi connectivity index (χ4v) is 3.31. The largest absolute Gasteiger partial charge is 0.444 e. The van der Waals surface area contributed by atoms with E-state index in [9.17, 15) is 13.2 Å². The molecule has 144 valence electrons. The lowest BCUT2D eigenvalue weighted by Gasteiger charge is -2.27. The topological polar surface area (TPSA) is 92.4 Å². The molecular weight excluding hydrogens is 366 g/mol. The summed E-state index contributed by atoms with van der Waals surface area (Å²) in [6.07, 6.45) is 2.41. The number of carbonyl (C=O) groups is 1. The molecule has 0 spiro atoms. The molecule has 7 nitrogen and oxygen atoms in total. The zero-order valence-electron chi connectivity index (χ0n) is 15.9. The maximum Gasteiger partial charge on any atom is 0.410 e. The van der Waals surface area contributed by atoms with Gasteiger partial charge in [-0.3, -0.25) is 4.90 Å². The first kappa shape index (κ1) is 19.2. The lowest BCUT2D eigenvalue weighted by atomic mass is 10.2. The maximum atomic E-state index is 12.5. The van der Waals surface area contributed by atoms with E-state index in [1.807, 2.05) is 20.8 Å². The number of rotatable bonds is 1. The molecule has 0 radical (unpaired) electrons. The Morgan fingerprint density at radius 2 is 2.11 bits per heavy atom. The summed E-state index contributed by atoms with van der Waals surface area (Å²) >= 11 is 0. The van der Waals surface area contributed by atoms with Crippen molar-refractivity contribution in [3.05, 3.63) is 29.6 Å². The average Bonchev–Trinajstić information content (AvgIpc) is 3.16. The van der Waals surface area contributed by atoms with Crippen LogP contribution in [0.3, 0.4) is 0 Å². The van der Waals surface area contributed by atoms with Gasteiger partial charge in [0.15, 0.2) is 0 Å². The van der Waals surface area contributed by atoms with Gasteiger partial charge in [-0.15, -0.1) is 0 Å². The third kappa shape index (κ3) is 4.80. The molecule has 0 saturated carbocycles. The quantitative estimate of drug-likeness (QED) is 0.757. The third-order valence-corrected chi connectivity index (χ3v) is 4.55. The van der Waals surface area contributed by atoms with Gasteiger partial charge in [-0.25, -0.2) is 18.2 Å². The number of amides is 1. The number of sulfone groups is 1. The molecular formula is C19H23N3O4S. The monoisotopic (exact) mass is 389 g/mol. The average molecular weight is 389 g/mol. The molecule has 1 aromatic carbocycles. The molecule has 1 fully saturated rings. The molecule has 1 atom stereocenters. The summed E-state index contributed by atoms with van der Waals surface area (Å²) in [5.41, 5.74) is 1.52. The summed E-state index contributed by atoms with van der Waals surface area (Å²) in [5.74, 6) is 3.33. The van der Waals surface area contributed by atoms with Crippen molar-refractivity contribution in [1.82, 2.24) is 14.9 Å². The van der Waals surface area contributed by atoms with Gasteiger partial charge in [0.1, 0.15) is 11.4 Å². The Kier molecular flexibility index (Phi) is 4.91. The number of likely N-dealkylation sites (tertiary alicyclic amines) is 1. The highest BCUT2D eigenvalue weighted by molar-refractivity contribution is 7.95. The summed E-state index contributed by atoms with van der Waals surface area (Å²) in [6.45, 7) is 6.16. The molecule has 1 aromatic heterocycles. The SMILES string of the molecule is CC(C)(C)OC(=O)N1CCC[C@H]1c1nc2ccc(C#CS(C)(=O)=O)cc2[nH]1. The van der Waals surface area contributed by atoms with Gasteiger partial charge in [0, 0.05) is 17.4 Å². The second kappa shape index (κ2) is 6.89. The Morgan fingerprint density at radius 3 is 2.78 bits per heavy atom. The van der Waals surface area contributed by atoms with Crippen molar-refractivity contribution in [1.29, 1.82) is 0 Å². The van der Waals surface area contributed by atoms with Crippen LogP contribution in [-0.2, 0) is 14.6 Å². The van der Waals surface area contributed by atoms with Crippen molar-refractivity contribution < 1.29 is 17.9 Å². The van der Waals surface area contributed by atoms with Gasteiger partial charge < -0.3 is 9.72 Å². The minimum absolute atomic E-state index is 0.169. The minimum atomic E-state index is -3.36. The van der Waals surface area contributed by atoms with Crippen molar-refractivity contribution in [2.75, 3.05) is 12.8 Å². The normalized spacial score (nSPS) is 17.6. The lowest BCUT2D eigenvalue weighted by molar-refractivity contribution is 0.0219. The van der Waals surface area contributed by atoms with E-state index in [2.05, 4.69) is 21.1 Å². The number of H-pyrrole nitrogens is 1. The number of nitrogens with zero attached hydrogens (tertiary/aromatic N) is 2. The Labute approximate surface area is 159 Å². The predicted molar refractivity (Wildman–Crippen MR) is 103 cm³/mol. The highest BCUT2D eigenvalue weighted by Crippen LogP contribution is 2.32. The van der Waals surface area contributed by atoms with Crippen LogP contribution in [-0.4, -0.2) is 47.8 Å². The van der Waals surface area contributed by atoms with E-state index in [1.54, 1.807) is 23.1 Å². The maximum absolute atomic E-state index is 12.5. The molecule has 2 aromatic rings. The number of hydrogen-bond donors (Lipinski definition) is 1. The third-order valence-electron chi connectivity index (χ3n) is 4.08. The summed E-state index contributed by atoms with van der Waals surface area (Å²) in [7, 11) is -3.36. The van der Waals surface area contributed by atoms with E-state index in [0.717, 1.165) is 30.1 Å². The Hall–Kier alpha value is -2.53. The van der Waals surface area contributed by atoms with Crippen molar-refractivity contribution in [3.8, 4) is 11.2 Å². The Morgan fingerprint density at radius 1 is 1.37 bits per heavy atom. The Balaban J connectivity index is 1.88. The van der Waals surface area contributed by atoms with Crippen LogP contribution < -0.4 is 0 Å². The second-order valence-electron chi connectivity index (χ2n) is 7.68. The number of fused-ring (bicyclic) bond motifs is 1. The summed E-state index contributed by atoms with van der Waals surface area (Å²) < 4.78 is 27.9. The molecule has 2 heterocycles. The number of benzene rings is 1. The summed E-state index contributed by atoms with van der Waals surface area (Å²) in [4.78, 5) is 22.0. The first-order valence-corrected chi connectivity index (χ1v) is 10.6. The van der Waals surface area contributed by atoms with Crippen LogP contribution in [0, 0.1) is 11.2 Å². The van der Waals surface area contributed by atoms with Gasteiger partial charge in [0.05, 0.1) is 23.3 Å². The van der Waals surface area contributed by atoms with Gasteiger partial charge in [0.25, 0.3) is 0 Å². The standard InChI is InChI=1S/C19H23N3O4S/c1-19(2,3)26-18(23)22-10-5-6-16(22)17-20-14-8-7-13(12-15(14)21-17)9-11-27(4,24)25/h7-8,12,16H,5-6,10H2,1-4H3,(H,20,21)/t16-/m0/s1. The zero-order valence-corrected chi connectivity index (χ0v) is 16.7. The number of aromatic nitrogens is 2. The van der Waals surface area contributed by atoms with Crippen LogP contribution in [0.5, 0.6) is 0 Å². The van der Waals surface area contributed by atoms with Crippen molar-refractivity contribution in [2.24, 2.45) is 0 Å². The van der Waals surface area contributed by atoms with Crippen LogP contribution >= 0.6 is 0 Å². The fourth-order valence-electron chi connectivity index (χ4n) is 3.01. The van der Waals surface area contributed by atoms with Gasteiger partial charge in [-0.1, -0.05) is 0 Å². The second-order valence-corrected chi connectivity index (χ2v) is 9.43. The summed E-state index contributed by atoms with van der Waals surface area (Å²) in [5, 5.41) is 2.23. The molecule has 1 N–H and O–H groups in total. The van der Waals surface area contributed by atoms with E-state index in [4.69, 9.17) is 4.74 Å². The molecule has 1 aliphatic heterocycles. The Bertz CT molecular complexity index is 1040. The molecule has 1 aliphatic rings. The first-order chi connectivity index (χ1) is 12.5. The van der Waals surface area contributed by atoms with Gasteiger partial charge in [-0.05, 0) is 57.7 Å². The molecule has 0 bridgehead atoms. The van der Waals surface area contributed by atoms with E-state index < -0.39 is 15.4 Å². The molecule has 8 heteroatoms. The van der Waals surface area contributed by atoms with Crippen LogP contribution in [0.25, 0.3) is 11.0 Å². The fraction of sp³-hybridized carbons (Fsp3) is 0.474. The molecule has 3 rings (SSSR count). The van der Waals surface area contributed by atoms with Crippen LogP contribution in [0.15, 0.2) is 18.2 Å². The highest BCUT2D eigenvalue weighted by Gasteiger charge is 2.34. The minimum Gasteiger partial charge on any atom is -0.444 e. The predicted octanol–water partition coefficient (Wildman–Crippen LogP) is 2.99. The van der Waals surface area contributed by atoms with E-state index >= 15 is 0 Å². The highest BCUT2D eigenvalue weighted by atomic mass is 32.2. The van der Waals surface area contributed by atoms with Crippen molar-refractivity contribution in [3.63, 3.8) is 0 Å².